The first-order valence-electron chi connectivity index (χ1n) is 4.43. The zero-order valence-corrected chi connectivity index (χ0v) is 8.57. The number of rotatable bonds is 2. The van der Waals surface area contributed by atoms with Crippen LogP contribution in [0, 0.1) is 5.41 Å². The lowest BCUT2D eigenvalue weighted by atomic mass is 9.85. The summed E-state index contributed by atoms with van der Waals surface area (Å²) in [7, 11) is 1.33. The van der Waals surface area contributed by atoms with Crippen molar-refractivity contribution < 1.29 is 19.1 Å². The van der Waals surface area contributed by atoms with Crippen LogP contribution in [0.4, 0.5) is 0 Å². The molecule has 0 amide bonds. The van der Waals surface area contributed by atoms with Crippen LogP contribution in [-0.4, -0.2) is 25.2 Å². The second kappa shape index (κ2) is 3.82. The van der Waals surface area contributed by atoms with E-state index in [2.05, 4.69) is 4.74 Å². The number of carbonyl (C=O) groups excluding carboxylic acids is 2. The van der Waals surface area contributed by atoms with Crippen LogP contribution >= 0.6 is 0 Å². The van der Waals surface area contributed by atoms with E-state index < -0.39 is 17.5 Å². The van der Waals surface area contributed by atoms with E-state index in [9.17, 15) is 9.59 Å². The second-order valence-corrected chi connectivity index (χ2v) is 3.57. The van der Waals surface area contributed by atoms with Crippen molar-refractivity contribution in [3.63, 3.8) is 0 Å². The fourth-order valence-electron chi connectivity index (χ4n) is 1.55. The third kappa shape index (κ3) is 1.78. The normalized spacial score (nSPS) is 30.1. The molecule has 0 N–H and O–H groups in total. The Labute approximate surface area is 82.9 Å². The number of methoxy groups -OCH3 is 1. The van der Waals surface area contributed by atoms with Crippen molar-refractivity contribution >= 4 is 11.9 Å². The van der Waals surface area contributed by atoms with E-state index in [0.29, 0.717) is 6.42 Å². The fourth-order valence-corrected chi connectivity index (χ4v) is 1.55. The standard InChI is InChI=1S/C10H14O4/c1-7(11)14-8-5-4-6-10(8,2)9(12)13-3/h4-5,8H,6H2,1-3H3/t8-,10-/m0/s1. The van der Waals surface area contributed by atoms with Crippen molar-refractivity contribution in [1.82, 2.24) is 0 Å². The molecule has 0 unspecified atom stereocenters. The molecule has 4 nitrogen and oxygen atoms in total. The van der Waals surface area contributed by atoms with Crippen molar-refractivity contribution in [2.24, 2.45) is 5.41 Å². The maximum Gasteiger partial charge on any atom is 0.315 e. The lowest BCUT2D eigenvalue weighted by Gasteiger charge is -2.27. The van der Waals surface area contributed by atoms with E-state index in [-0.39, 0.29) is 5.97 Å². The summed E-state index contributed by atoms with van der Waals surface area (Å²) in [6.07, 6.45) is 3.58. The van der Waals surface area contributed by atoms with Gasteiger partial charge in [0.2, 0.25) is 0 Å². The van der Waals surface area contributed by atoms with Gasteiger partial charge in [0.05, 0.1) is 7.11 Å². The van der Waals surface area contributed by atoms with Gasteiger partial charge in [-0.05, 0) is 19.4 Å². The molecule has 0 aliphatic heterocycles. The van der Waals surface area contributed by atoms with Gasteiger partial charge in [0, 0.05) is 6.92 Å². The van der Waals surface area contributed by atoms with Gasteiger partial charge < -0.3 is 9.47 Å². The summed E-state index contributed by atoms with van der Waals surface area (Å²) < 4.78 is 9.70. The van der Waals surface area contributed by atoms with E-state index in [1.54, 1.807) is 13.0 Å². The molecule has 0 aromatic heterocycles. The summed E-state index contributed by atoms with van der Waals surface area (Å²) >= 11 is 0. The Kier molecular flexibility index (Phi) is 2.93. The Hall–Kier alpha value is -1.32. The quantitative estimate of drug-likeness (QED) is 0.491. The van der Waals surface area contributed by atoms with Crippen LogP contribution < -0.4 is 0 Å². The lowest BCUT2D eigenvalue weighted by molar-refractivity contribution is -0.163. The van der Waals surface area contributed by atoms with Crippen LogP contribution in [0.3, 0.4) is 0 Å². The summed E-state index contributed by atoms with van der Waals surface area (Å²) in [6.45, 7) is 3.05. The van der Waals surface area contributed by atoms with E-state index in [1.165, 1.54) is 14.0 Å². The van der Waals surface area contributed by atoms with Gasteiger partial charge in [-0.25, -0.2) is 0 Å². The molecule has 0 aromatic rings. The smallest absolute Gasteiger partial charge is 0.315 e. The Balaban J connectivity index is 2.79. The van der Waals surface area contributed by atoms with Gasteiger partial charge in [0.1, 0.15) is 11.5 Å². The minimum absolute atomic E-state index is 0.353. The lowest BCUT2D eigenvalue weighted by Crippen LogP contribution is -2.39. The van der Waals surface area contributed by atoms with Gasteiger partial charge in [-0.1, -0.05) is 6.08 Å². The fraction of sp³-hybridized carbons (Fsp3) is 0.600. The minimum Gasteiger partial charge on any atom is -0.468 e. The molecule has 0 radical (unpaired) electrons. The molecule has 1 aliphatic carbocycles. The van der Waals surface area contributed by atoms with Crippen LogP contribution in [0.5, 0.6) is 0 Å². The average Bonchev–Trinajstić information content (AvgIpc) is 2.47. The number of allylic oxidation sites excluding steroid dienone is 1. The summed E-state index contributed by atoms with van der Waals surface area (Å²) in [4.78, 5) is 22.3. The summed E-state index contributed by atoms with van der Waals surface area (Å²) in [5.41, 5.74) is -0.763. The van der Waals surface area contributed by atoms with Crippen LogP contribution in [0.1, 0.15) is 20.3 Å². The molecule has 0 heterocycles. The largest absolute Gasteiger partial charge is 0.468 e. The average molecular weight is 198 g/mol. The van der Waals surface area contributed by atoms with Crippen molar-refractivity contribution in [1.29, 1.82) is 0 Å². The van der Waals surface area contributed by atoms with Crippen LogP contribution in [-0.2, 0) is 19.1 Å². The van der Waals surface area contributed by atoms with Crippen molar-refractivity contribution in [3.05, 3.63) is 12.2 Å². The molecule has 1 aliphatic rings. The number of carbonyl (C=O) groups is 2. The summed E-state index contributed by atoms with van der Waals surface area (Å²) in [5.74, 6) is -0.745. The monoisotopic (exact) mass is 198 g/mol. The van der Waals surface area contributed by atoms with E-state index >= 15 is 0 Å². The van der Waals surface area contributed by atoms with Gasteiger partial charge in [-0.2, -0.15) is 0 Å². The highest BCUT2D eigenvalue weighted by molar-refractivity contribution is 5.79. The number of hydrogen-bond acceptors (Lipinski definition) is 4. The molecular weight excluding hydrogens is 184 g/mol. The molecule has 1 rings (SSSR count). The van der Waals surface area contributed by atoms with Crippen molar-refractivity contribution in [2.45, 2.75) is 26.4 Å². The topological polar surface area (TPSA) is 52.6 Å². The van der Waals surface area contributed by atoms with Crippen molar-refractivity contribution in [2.75, 3.05) is 7.11 Å². The minimum atomic E-state index is -0.763. The van der Waals surface area contributed by atoms with Gasteiger partial charge in [-0.3, -0.25) is 9.59 Å². The maximum atomic E-state index is 11.5. The highest BCUT2D eigenvalue weighted by Gasteiger charge is 2.45. The van der Waals surface area contributed by atoms with Crippen LogP contribution in [0.25, 0.3) is 0 Å². The molecule has 0 saturated carbocycles. The number of ether oxygens (including phenoxy) is 2. The SMILES string of the molecule is COC(=O)[C@@]1(C)CC=C[C@@H]1OC(C)=O. The molecule has 4 heteroatoms. The number of hydrogen-bond donors (Lipinski definition) is 0. The molecule has 0 saturated heterocycles. The van der Waals surface area contributed by atoms with Gasteiger partial charge in [-0.15, -0.1) is 0 Å². The molecule has 14 heavy (non-hydrogen) atoms. The van der Waals surface area contributed by atoms with E-state index in [1.807, 2.05) is 6.08 Å². The molecule has 0 aromatic carbocycles. The van der Waals surface area contributed by atoms with Crippen molar-refractivity contribution in [3.8, 4) is 0 Å². The van der Waals surface area contributed by atoms with Gasteiger partial charge in [0.15, 0.2) is 0 Å². The summed E-state index contributed by atoms with van der Waals surface area (Å²) in [5, 5.41) is 0. The molecule has 2 atom stereocenters. The maximum absolute atomic E-state index is 11.5. The van der Waals surface area contributed by atoms with E-state index in [4.69, 9.17) is 4.74 Å². The first-order chi connectivity index (χ1) is 6.50. The molecular formula is C10H14O4. The Morgan fingerprint density at radius 3 is 2.64 bits per heavy atom. The molecule has 0 fully saturated rings. The highest BCUT2D eigenvalue weighted by atomic mass is 16.6. The highest BCUT2D eigenvalue weighted by Crippen LogP contribution is 2.36. The Morgan fingerprint density at radius 2 is 2.14 bits per heavy atom. The zero-order chi connectivity index (χ0) is 10.8. The first-order valence-corrected chi connectivity index (χ1v) is 4.43. The molecule has 0 spiro atoms. The Morgan fingerprint density at radius 1 is 1.50 bits per heavy atom. The van der Waals surface area contributed by atoms with Gasteiger partial charge in [0.25, 0.3) is 0 Å². The van der Waals surface area contributed by atoms with E-state index in [0.717, 1.165) is 0 Å². The van der Waals surface area contributed by atoms with Gasteiger partial charge >= 0.3 is 11.9 Å². The number of esters is 2. The molecule has 78 valence electrons. The first kappa shape index (κ1) is 10.8. The second-order valence-electron chi connectivity index (χ2n) is 3.57. The third-order valence-corrected chi connectivity index (χ3v) is 2.43. The van der Waals surface area contributed by atoms with Crippen LogP contribution in [0.2, 0.25) is 0 Å². The predicted octanol–water partition coefficient (Wildman–Crippen LogP) is 1.06. The molecule has 0 bridgehead atoms. The van der Waals surface area contributed by atoms with Crippen LogP contribution in [0.15, 0.2) is 12.2 Å². The zero-order valence-electron chi connectivity index (χ0n) is 8.57. The third-order valence-electron chi connectivity index (χ3n) is 2.43. The Bertz CT molecular complexity index is 282. The predicted molar refractivity (Wildman–Crippen MR) is 49.4 cm³/mol. The summed E-state index contributed by atoms with van der Waals surface area (Å²) in [6, 6.07) is 0.